The highest BCUT2D eigenvalue weighted by molar-refractivity contribution is 14.1. The fourth-order valence-electron chi connectivity index (χ4n) is 2.28. The van der Waals surface area contributed by atoms with Crippen molar-refractivity contribution in [1.82, 2.24) is 9.97 Å². The van der Waals surface area contributed by atoms with E-state index >= 15 is 0 Å². The fraction of sp³-hybridized carbons (Fsp3) is 0.111. The predicted octanol–water partition coefficient (Wildman–Crippen LogP) is 5.68. The molecule has 0 bridgehead atoms. The summed E-state index contributed by atoms with van der Waals surface area (Å²) >= 11 is 15.2. The molecule has 0 unspecified atom stereocenters. The van der Waals surface area contributed by atoms with E-state index in [4.69, 9.17) is 33.8 Å². The molecule has 6 nitrogen and oxygen atoms in total. The van der Waals surface area contributed by atoms with Gasteiger partial charge in [0.25, 0.3) is 0 Å². The molecule has 0 aliphatic heterocycles. The van der Waals surface area contributed by atoms with E-state index < -0.39 is 5.82 Å². The first kappa shape index (κ1) is 22.2. The Bertz CT molecular complexity index is 1010. The minimum absolute atomic E-state index is 0.0113. The van der Waals surface area contributed by atoms with Crippen LogP contribution in [0.3, 0.4) is 0 Å². The van der Waals surface area contributed by atoms with Gasteiger partial charge in [-0.05, 0) is 29.8 Å². The van der Waals surface area contributed by atoms with E-state index in [0.717, 1.165) is 38.7 Å². The van der Waals surface area contributed by atoms with Crippen LogP contribution < -0.4 is 18.1 Å². The molecule has 0 fully saturated rings. The van der Waals surface area contributed by atoms with Gasteiger partial charge in [0.1, 0.15) is 6.61 Å². The molecule has 1 heterocycles. The Morgan fingerprint density at radius 3 is 2.69 bits per heavy atom. The number of para-hydroxylation sites is 1. The van der Waals surface area contributed by atoms with E-state index in [1.54, 1.807) is 18.2 Å². The SMILES string of the molecule is CN(I)c1ccccc1SN(N)c1nc(OCc2ccc(Cl)c(Cl)c2)ncc1F. The van der Waals surface area contributed by atoms with Gasteiger partial charge in [0, 0.05) is 19.0 Å². The number of hydrogen-bond donors (Lipinski definition) is 1. The van der Waals surface area contributed by atoms with Crippen molar-refractivity contribution >= 4 is 69.5 Å². The van der Waals surface area contributed by atoms with Crippen LogP contribution in [0.4, 0.5) is 15.9 Å². The monoisotopic (exact) mass is 565 g/mol. The summed E-state index contributed by atoms with van der Waals surface area (Å²) < 4.78 is 22.9. The van der Waals surface area contributed by atoms with Crippen LogP contribution in [0.2, 0.25) is 10.0 Å². The summed E-state index contributed by atoms with van der Waals surface area (Å²) in [5, 5.41) is 0.862. The maximum absolute atomic E-state index is 14.3. The highest BCUT2D eigenvalue weighted by atomic mass is 127. The molecule has 0 saturated heterocycles. The van der Waals surface area contributed by atoms with Crippen molar-refractivity contribution in [3.63, 3.8) is 0 Å². The fourth-order valence-corrected chi connectivity index (χ4v) is 4.05. The molecule has 2 N–H and O–H groups in total. The zero-order valence-corrected chi connectivity index (χ0v) is 19.5. The Labute approximate surface area is 195 Å². The van der Waals surface area contributed by atoms with Crippen molar-refractivity contribution in [3.8, 4) is 6.01 Å². The Morgan fingerprint density at radius 2 is 1.97 bits per heavy atom. The molecular weight excluding hydrogens is 551 g/mol. The average Bonchev–Trinajstić information content (AvgIpc) is 2.70. The molecule has 0 radical (unpaired) electrons. The second kappa shape index (κ2) is 9.98. The van der Waals surface area contributed by atoms with Crippen molar-refractivity contribution in [1.29, 1.82) is 0 Å². The molecule has 0 atom stereocenters. The number of rotatable bonds is 7. The topological polar surface area (TPSA) is 67.5 Å². The highest BCUT2D eigenvalue weighted by Crippen LogP contribution is 2.34. The van der Waals surface area contributed by atoms with Gasteiger partial charge in [-0.25, -0.2) is 19.6 Å². The maximum Gasteiger partial charge on any atom is 0.318 e. The quantitative estimate of drug-likeness (QED) is 0.130. The summed E-state index contributed by atoms with van der Waals surface area (Å²) in [4.78, 5) is 8.79. The second-order valence-corrected chi connectivity index (χ2v) is 9.00. The van der Waals surface area contributed by atoms with Crippen molar-refractivity contribution < 1.29 is 9.13 Å². The maximum atomic E-state index is 14.3. The Hall–Kier alpha value is -1.53. The molecule has 2 aromatic carbocycles. The number of anilines is 2. The lowest BCUT2D eigenvalue weighted by Crippen LogP contribution is -2.25. The Balaban J connectivity index is 1.75. The van der Waals surface area contributed by atoms with Crippen molar-refractivity contribution in [3.05, 3.63) is 70.1 Å². The normalized spacial score (nSPS) is 10.7. The summed E-state index contributed by atoms with van der Waals surface area (Å²) in [6.45, 7) is 0.141. The van der Waals surface area contributed by atoms with Crippen molar-refractivity contribution in [2.75, 3.05) is 14.6 Å². The smallest absolute Gasteiger partial charge is 0.318 e. The lowest BCUT2D eigenvalue weighted by Gasteiger charge is -2.20. The second-order valence-electron chi connectivity index (χ2n) is 5.72. The summed E-state index contributed by atoms with van der Waals surface area (Å²) in [6.07, 6.45) is 1.02. The van der Waals surface area contributed by atoms with Crippen LogP contribution in [0.5, 0.6) is 6.01 Å². The number of hydrazine groups is 1. The third kappa shape index (κ3) is 5.76. The first-order chi connectivity index (χ1) is 13.8. The standard InChI is InChI=1S/C18H15Cl2FIN5OS/c1-26(22)15-4-2-3-5-16(15)29-27(23)17-14(21)9-24-18(25-17)28-10-11-6-7-12(19)13(20)8-11/h2-9H,10,23H2,1H3. The summed E-state index contributed by atoms with van der Waals surface area (Å²) in [5.74, 6) is 5.31. The number of hydrogen-bond acceptors (Lipinski definition) is 7. The van der Waals surface area contributed by atoms with Gasteiger partial charge in [-0.15, -0.1) is 0 Å². The van der Waals surface area contributed by atoms with E-state index in [9.17, 15) is 4.39 Å². The summed E-state index contributed by atoms with van der Waals surface area (Å²) in [5.41, 5.74) is 1.70. The van der Waals surface area contributed by atoms with Gasteiger partial charge in [0.05, 0.1) is 49.7 Å². The van der Waals surface area contributed by atoms with Crippen LogP contribution in [0, 0.1) is 5.82 Å². The molecular formula is C18H15Cl2FIN5OS. The molecule has 1 aromatic heterocycles. The molecule has 0 saturated carbocycles. The van der Waals surface area contributed by atoms with Crippen LogP contribution in [-0.4, -0.2) is 17.0 Å². The molecule has 29 heavy (non-hydrogen) atoms. The number of benzene rings is 2. The van der Waals surface area contributed by atoms with Crippen LogP contribution in [-0.2, 0) is 6.61 Å². The van der Waals surface area contributed by atoms with Crippen LogP contribution in [0.1, 0.15) is 5.56 Å². The zero-order valence-electron chi connectivity index (χ0n) is 15.0. The van der Waals surface area contributed by atoms with Crippen molar-refractivity contribution in [2.24, 2.45) is 5.84 Å². The van der Waals surface area contributed by atoms with E-state index in [0.29, 0.717) is 10.0 Å². The Kier molecular flexibility index (Phi) is 7.63. The van der Waals surface area contributed by atoms with Crippen LogP contribution in [0.15, 0.2) is 53.6 Å². The number of ether oxygens (including phenoxy) is 1. The lowest BCUT2D eigenvalue weighted by atomic mass is 10.2. The van der Waals surface area contributed by atoms with Gasteiger partial charge in [-0.3, -0.25) is 0 Å². The summed E-state index contributed by atoms with van der Waals surface area (Å²) in [6, 6.07) is 12.7. The van der Waals surface area contributed by atoms with E-state index in [-0.39, 0.29) is 18.4 Å². The average molecular weight is 566 g/mol. The van der Waals surface area contributed by atoms with Gasteiger partial charge < -0.3 is 7.85 Å². The summed E-state index contributed by atoms with van der Waals surface area (Å²) in [7, 11) is 1.90. The molecule has 0 spiro atoms. The van der Waals surface area contributed by atoms with Gasteiger partial charge in [0.15, 0.2) is 11.6 Å². The molecule has 0 amide bonds. The van der Waals surface area contributed by atoms with E-state index in [1.165, 1.54) is 0 Å². The number of nitrogens with zero attached hydrogens (tertiary/aromatic N) is 4. The Morgan fingerprint density at radius 1 is 1.21 bits per heavy atom. The third-order valence-corrected chi connectivity index (χ3v) is 5.83. The largest absolute Gasteiger partial charge is 0.459 e. The highest BCUT2D eigenvalue weighted by Gasteiger charge is 2.17. The number of aromatic nitrogens is 2. The minimum Gasteiger partial charge on any atom is -0.459 e. The van der Waals surface area contributed by atoms with Gasteiger partial charge in [-0.1, -0.05) is 41.4 Å². The molecule has 3 aromatic rings. The molecule has 3 rings (SSSR count). The predicted molar refractivity (Wildman–Crippen MR) is 124 cm³/mol. The molecule has 152 valence electrons. The first-order valence-electron chi connectivity index (χ1n) is 8.15. The minimum atomic E-state index is -0.665. The number of halogens is 4. The number of nitrogens with two attached hydrogens (primary N) is 1. The lowest BCUT2D eigenvalue weighted by molar-refractivity contribution is 0.279. The van der Waals surface area contributed by atoms with Crippen LogP contribution in [0.25, 0.3) is 0 Å². The molecule has 0 aliphatic rings. The first-order valence-corrected chi connectivity index (χ1v) is 10.6. The zero-order chi connectivity index (χ0) is 21.0. The van der Waals surface area contributed by atoms with E-state index in [2.05, 4.69) is 32.8 Å². The van der Waals surface area contributed by atoms with Gasteiger partial charge >= 0.3 is 6.01 Å². The van der Waals surface area contributed by atoms with Gasteiger partial charge in [0.2, 0.25) is 0 Å². The molecule has 0 aliphatic carbocycles. The van der Waals surface area contributed by atoms with Crippen LogP contribution >= 0.6 is 58.0 Å². The third-order valence-electron chi connectivity index (χ3n) is 3.66. The van der Waals surface area contributed by atoms with Crippen molar-refractivity contribution in [2.45, 2.75) is 11.5 Å². The van der Waals surface area contributed by atoms with Gasteiger partial charge in [-0.2, -0.15) is 4.98 Å². The van der Waals surface area contributed by atoms with E-state index in [1.807, 2.05) is 34.4 Å². The molecule has 11 heteroatoms.